The number of hydrogen-bond acceptors (Lipinski definition) is 8. The second-order valence-electron chi connectivity index (χ2n) is 17.3. The first-order valence-electron chi connectivity index (χ1n) is 22.4. The van der Waals surface area contributed by atoms with E-state index in [0.29, 0.717) is 0 Å². The molecule has 390 valence electrons. The molecule has 0 fully saturated rings. The van der Waals surface area contributed by atoms with E-state index in [1.54, 1.807) is 20.8 Å². The van der Waals surface area contributed by atoms with E-state index in [-0.39, 0.29) is 128 Å². The molecule has 0 bridgehead atoms. The zero-order chi connectivity index (χ0) is 53.6. The number of pyridine rings is 3. The molecular weight excluding hydrogens is 1030 g/mol. The van der Waals surface area contributed by atoms with Crippen molar-refractivity contribution in [1.29, 1.82) is 0 Å². The third-order valence-corrected chi connectivity index (χ3v) is 13.5. The summed E-state index contributed by atoms with van der Waals surface area (Å²) in [4.78, 5) is 22.3. The van der Waals surface area contributed by atoms with Gasteiger partial charge in [-0.1, -0.05) is 63.2 Å². The second kappa shape index (κ2) is 20.2. The van der Waals surface area contributed by atoms with Crippen molar-refractivity contribution >= 4 is 57.3 Å². The van der Waals surface area contributed by atoms with Gasteiger partial charge >= 0.3 is 18.5 Å². The number of H-pyrrole nitrogens is 1. The third kappa shape index (κ3) is 9.24. The molecule has 3 unspecified atom stereocenters. The lowest BCUT2D eigenvalue weighted by Gasteiger charge is -2.42. The minimum absolute atomic E-state index is 0.00167. The van der Waals surface area contributed by atoms with Crippen LogP contribution in [0.5, 0.6) is 11.8 Å². The largest absolute Gasteiger partial charge is 0.480 e. The summed E-state index contributed by atoms with van der Waals surface area (Å²) in [6, 6.07) is 13.4. The molecule has 9 rings (SSSR count). The van der Waals surface area contributed by atoms with Crippen LogP contribution in [0.15, 0.2) is 83.8 Å². The van der Waals surface area contributed by atoms with Crippen molar-refractivity contribution in [2.75, 3.05) is 30.2 Å². The van der Waals surface area contributed by atoms with Gasteiger partial charge in [0.2, 0.25) is 11.8 Å². The standard InChI is InChI=1S/C17H15ClF4N2O.C17H16F4N2O.C16H13ClF4N2O/c1-3-6-16(17(20,21)22)10-7-9(19)4-5-12(10)23-14-11(16)8-13(18)24-15(14)25-2;1-3-7-16(17(19,20)21)11-6-8-22-15(24-2)14(11)23-13-5-4-10(18)9-12(13)16;1-2-5-15(16(19,20)21)9-6-8(18)3-4-11(9)22-13-10(15)7-12(17)23-14(13)24/h4-5,7-8,23H,3,6H2,1-2H3;4-6,8-9,23H,3,7H2,1-2H3;3-4,6-7,22H,2,5H2,1H3,(H,23,24). The number of aromatic nitrogens is 3. The SMILES string of the molecule is CCCC1(C(F)(F)F)c2cc(F)ccc2Nc2c1cc(Cl)[nH]c2=O.CCCC1(C(F)(F)F)c2cc(F)ccc2Nc2c1cc(Cl)nc2OC.CCCC1(C(F)(F)F)c2cc(F)ccc2Nc2c1ccnc2OC. The predicted molar refractivity (Wildman–Crippen MR) is 253 cm³/mol. The number of alkyl halides is 9. The number of fused-ring (bicyclic) bond motifs is 6. The lowest BCUT2D eigenvalue weighted by Crippen LogP contribution is -2.47. The molecule has 23 heteroatoms. The lowest BCUT2D eigenvalue weighted by atomic mass is 9.68. The summed E-state index contributed by atoms with van der Waals surface area (Å²) >= 11 is 11.7. The molecular formula is C50H44Cl2F12N6O3. The highest BCUT2D eigenvalue weighted by atomic mass is 35.5. The van der Waals surface area contributed by atoms with Gasteiger partial charge in [0.25, 0.3) is 5.56 Å². The van der Waals surface area contributed by atoms with Gasteiger partial charge in [-0.15, -0.1) is 0 Å². The fraction of sp³-hybridized carbons (Fsp3) is 0.340. The van der Waals surface area contributed by atoms with E-state index >= 15 is 0 Å². The Bertz CT molecular complexity index is 3120. The molecule has 3 aromatic carbocycles. The van der Waals surface area contributed by atoms with Gasteiger partial charge in [-0.3, -0.25) is 4.79 Å². The molecule has 0 radical (unpaired) electrons. The number of anilines is 6. The monoisotopic (exact) mass is 1070 g/mol. The van der Waals surface area contributed by atoms with Gasteiger partial charge < -0.3 is 30.4 Å². The first kappa shape index (κ1) is 54.4. The number of ether oxygens (including phenoxy) is 2. The number of nitrogens with one attached hydrogen (secondary N) is 4. The van der Waals surface area contributed by atoms with Crippen molar-refractivity contribution in [2.24, 2.45) is 0 Å². The van der Waals surface area contributed by atoms with E-state index in [2.05, 4.69) is 30.9 Å². The molecule has 0 saturated carbocycles. The summed E-state index contributed by atoms with van der Waals surface area (Å²) in [7, 11) is 2.65. The topological polar surface area (TPSA) is 113 Å². The number of halogens is 14. The number of hydrogen-bond donors (Lipinski definition) is 4. The summed E-state index contributed by atoms with van der Waals surface area (Å²) in [5.74, 6) is -2.18. The number of rotatable bonds is 8. The number of nitrogens with zero attached hydrogens (tertiary/aromatic N) is 2. The maximum atomic E-state index is 14.4. The van der Waals surface area contributed by atoms with Crippen molar-refractivity contribution in [3.8, 4) is 11.8 Å². The van der Waals surface area contributed by atoms with E-state index in [4.69, 9.17) is 32.7 Å². The molecule has 6 heterocycles. The van der Waals surface area contributed by atoms with Crippen LogP contribution in [0.4, 0.5) is 86.8 Å². The van der Waals surface area contributed by atoms with Gasteiger partial charge in [0.15, 0.2) is 0 Å². The van der Waals surface area contributed by atoms with Gasteiger partial charge in [0.1, 0.15) is 61.1 Å². The van der Waals surface area contributed by atoms with Gasteiger partial charge in [-0.25, -0.2) is 18.2 Å². The highest BCUT2D eigenvalue weighted by Crippen LogP contribution is 2.60. The highest BCUT2D eigenvalue weighted by molar-refractivity contribution is 6.30. The molecule has 0 amide bonds. The molecule has 73 heavy (non-hydrogen) atoms. The molecule has 4 N–H and O–H groups in total. The summed E-state index contributed by atoms with van der Waals surface area (Å²) in [5.41, 5.74) is -8.41. The molecule has 3 aromatic heterocycles. The van der Waals surface area contributed by atoms with Crippen LogP contribution in [0.2, 0.25) is 10.3 Å². The van der Waals surface area contributed by atoms with Crippen LogP contribution < -0.4 is 31.0 Å². The van der Waals surface area contributed by atoms with Crippen LogP contribution in [0, 0.1) is 17.5 Å². The van der Waals surface area contributed by atoms with E-state index in [1.165, 1.54) is 50.7 Å². The van der Waals surface area contributed by atoms with Gasteiger partial charge in [-0.2, -0.15) is 44.5 Å². The summed E-state index contributed by atoms with van der Waals surface area (Å²) < 4.78 is 180. The van der Waals surface area contributed by atoms with Crippen LogP contribution in [-0.4, -0.2) is 47.7 Å². The number of benzene rings is 3. The fourth-order valence-electron chi connectivity index (χ4n) is 10.2. The number of methoxy groups -OCH3 is 2. The molecule has 3 aliphatic heterocycles. The van der Waals surface area contributed by atoms with Crippen molar-refractivity contribution in [3.05, 3.63) is 150 Å². The van der Waals surface area contributed by atoms with Crippen LogP contribution in [0.3, 0.4) is 0 Å². The maximum absolute atomic E-state index is 14.4. The second-order valence-corrected chi connectivity index (χ2v) is 18.1. The fourth-order valence-corrected chi connectivity index (χ4v) is 10.6. The van der Waals surface area contributed by atoms with E-state index in [1.807, 2.05) is 0 Å². The lowest BCUT2D eigenvalue weighted by molar-refractivity contribution is -0.181. The van der Waals surface area contributed by atoms with Crippen molar-refractivity contribution in [3.63, 3.8) is 0 Å². The Hall–Kier alpha value is -6.35. The Kier molecular flexibility index (Phi) is 15.0. The quantitative estimate of drug-likeness (QED) is 0.0881. The average molecular weight is 1080 g/mol. The molecule has 3 atom stereocenters. The first-order chi connectivity index (χ1) is 34.3. The summed E-state index contributed by atoms with van der Waals surface area (Å²) in [6.45, 7) is 4.92. The van der Waals surface area contributed by atoms with Gasteiger partial charge in [0.05, 0.1) is 14.2 Å². The third-order valence-electron chi connectivity index (χ3n) is 13.1. The minimum atomic E-state index is -4.74. The van der Waals surface area contributed by atoms with E-state index < -0.39 is 57.8 Å². The van der Waals surface area contributed by atoms with Crippen LogP contribution in [0.1, 0.15) is 92.7 Å². The smallest absolute Gasteiger partial charge is 0.402 e. The molecule has 0 spiro atoms. The summed E-state index contributed by atoms with van der Waals surface area (Å²) in [6.07, 6.45) is -12.8. The van der Waals surface area contributed by atoms with Gasteiger partial charge in [0, 0.05) is 39.9 Å². The zero-order valence-corrected chi connectivity index (χ0v) is 40.7. The first-order valence-corrected chi connectivity index (χ1v) is 23.2. The molecule has 3 aliphatic rings. The number of aromatic amines is 1. The molecule has 9 nitrogen and oxygen atoms in total. The Balaban J connectivity index is 0.000000160. The van der Waals surface area contributed by atoms with Crippen molar-refractivity contribution in [2.45, 2.75) is 94.1 Å². The van der Waals surface area contributed by atoms with Crippen molar-refractivity contribution in [1.82, 2.24) is 15.0 Å². The Morgan fingerprint density at radius 3 is 1.30 bits per heavy atom. The maximum Gasteiger partial charge on any atom is 0.402 e. The van der Waals surface area contributed by atoms with Crippen LogP contribution in [-0.2, 0) is 16.2 Å². The summed E-state index contributed by atoms with van der Waals surface area (Å²) in [5, 5.41) is 8.16. The molecule has 6 aromatic rings. The Morgan fingerprint density at radius 2 is 0.904 bits per heavy atom. The van der Waals surface area contributed by atoms with E-state index in [0.717, 1.165) is 42.5 Å². The normalized spacial score (nSPS) is 19.2. The predicted octanol–water partition coefficient (Wildman–Crippen LogP) is 15.4. The molecule has 0 aliphatic carbocycles. The molecule has 0 saturated heterocycles. The Morgan fingerprint density at radius 1 is 0.521 bits per heavy atom. The zero-order valence-electron chi connectivity index (χ0n) is 39.2. The highest BCUT2D eigenvalue weighted by Gasteiger charge is 2.62. The van der Waals surface area contributed by atoms with Crippen molar-refractivity contribution < 1.29 is 62.2 Å². The van der Waals surface area contributed by atoms with Crippen LogP contribution >= 0.6 is 23.2 Å². The van der Waals surface area contributed by atoms with E-state index in [9.17, 15) is 57.5 Å². The minimum Gasteiger partial charge on any atom is -0.480 e. The van der Waals surface area contributed by atoms with Crippen LogP contribution in [0.25, 0.3) is 0 Å². The average Bonchev–Trinajstić information content (AvgIpc) is 3.31. The van der Waals surface area contributed by atoms with Gasteiger partial charge in [-0.05, 0) is 109 Å². The Labute approximate surface area is 419 Å².